The van der Waals surface area contributed by atoms with Crippen LogP contribution >= 0.6 is 0 Å². The second kappa shape index (κ2) is 7.82. The fourth-order valence-electron chi connectivity index (χ4n) is 2.78. The van der Waals surface area contributed by atoms with Gasteiger partial charge in [-0.05, 0) is 48.9 Å². The van der Waals surface area contributed by atoms with Crippen molar-refractivity contribution in [2.75, 3.05) is 0 Å². The summed E-state index contributed by atoms with van der Waals surface area (Å²) >= 11 is 0. The minimum atomic E-state index is -5.35. The van der Waals surface area contributed by atoms with Crippen LogP contribution in [0.5, 0.6) is 5.75 Å². The Morgan fingerprint density at radius 2 is 1.26 bits per heavy atom. The highest BCUT2D eigenvalue weighted by Gasteiger charge is 2.39. The van der Waals surface area contributed by atoms with E-state index >= 15 is 0 Å². The Balaban J connectivity index is 1.99. The molecule has 0 spiro atoms. The zero-order valence-electron chi connectivity index (χ0n) is 15.4. The smallest absolute Gasteiger partial charge is 0.426 e. The van der Waals surface area contributed by atoms with E-state index in [9.17, 15) is 39.5 Å². The number of ether oxygens (including phenoxy) is 1. The van der Waals surface area contributed by atoms with Crippen molar-refractivity contribution in [2.45, 2.75) is 19.2 Å². The first kappa shape index (κ1) is 22.5. The van der Waals surface area contributed by atoms with Crippen LogP contribution in [0, 0.1) is 30.2 Å². The maximum Gasteiger partial charge on any atom is 0.426 e. The number of hydrogen-bond acceptors (Lipinski definition) is 1. The van der Waals surface area contributed by atoms with Gasteiger partial charge in [0.15, 0.2) is 11.6 Å². The van der Waals surface area contributed by atoms with Crippen LogP contribution in [0.15, 0.2) is 48.5 Å². The maximum absolute atomic E-state index is 14.4. The molecule has 3 aromatic carbocycles. The normalized spacial score (nSPS) is 12.2. The number of benzene rings is 3. The van der Waals surface area contributed by atoms with E-state index in [4.69, 9.17) is 0 Å². The zero-order chi connectivity index (χ0) is 23.1. The molecule has 0 aliphatic rings. The third-order valence-electron chi connectivity index (χ3n) is 4.31. The summed E-state index contributed by atoms with van der Waals surface area (Å²) in [7, 11) is 0. The van der Waals surface area contributed by atoms with Gasteiger partial charge in [-0.15, -0.1) is 0 Å². The Hall–Kier alpha value is -3.17. The van der Waals surface area contributed by atoms with E-state index in [-0.39, 0.29) is 12.1 Å². The summed E-state index contributed by atoms with van der Waals surface area (Å²) in [6.07, 6.45) is -9.40. The van der Waals surface area contributed by atoms with Crippen molar-refractivity contribution in [3.63, 3.8) is 0 Å². The summed E-state index contributed by atoms with van der Waals surface area (Å²) in [5.41, 5.74) is -3.80. The lowest BCUT2D eigenvalue weighted by Gasteiger charge is -2.19. The van der Waals surface area contributed by atoms with Crippen LogP contribution in [-0.2, 0) is 12.3 Å². The summed E-state index contributed by atoms with van der Waals surface area (Å²) in [4.78, 5) is 0. The van der Waals surface area contributed by atoms with Crippen molar-refractivity contribution in [1.82, 2.24) is 0 Å². The van der Waals surface area contributed by atoms with Crippen LogP contribution < -0.4 is 4.74 Å². The largest absolute Gasteiger partial charge is 0.426 e. The molecule has 0 saturated carbocycles. The molecule has 31 heavy (non-hydrogen) atoms. The molecule has 10 heteroatoms. The fourth-order valence-corrected chi connectivity index (χ4v) is 2.78. The Labute approximate surface area is 169 Å². The van der Waals surface area contributed by atoms with Crippen LogP contribution in [0.2, 0.25) is 0 Å². The van der Waals surface area contributed by atoms with Crippen molar-refractivity contribution in [2.24, 2.45) is 0 Å². The Kier molecular flexibility index (Phi) is 5.68. The van der Waals surface area contributed by atoms with Gasteiger partial charge in [0, 0.05) is 5.56 Å². The predicted molar refractivity (Wildman–Crippen MR) is 92.4 cm³/mol. The van der Waals surface area contributed by atoms with Crippen LogP contribution in [-0.4, -0.2) is 0 Å². The van der Waals surface area contributed by atoms with Gasteiger partial charge >= 0.3 is 12.3 Å². The molecule has 0 saturated heterocycles. The molecule has 3 aromatic rings. The van der Waals surface area contributed by atoms with Gasteiger partial charge < -0.3 is 4.74 Å². The molecule has 3 rings (SSSR count). The van der Waals surface area contributed by atoms with Crippen LogP contribution in [0.25, 0.3) is 11.1 Å². The van der Waals surface area contributed by atoms with Gasteiger partial charge in [0.1, 0.15) is 17.2 Å². The SMILES string of the molecule is Cc1ccc(C(F)(F)Oc2ccc(-c3cc(F)c(C(F)(F)F)c(F)c3)c(F)c2F)cc1. The summed E-state index contributed by atoms with van der Waals surface area (Å²) in [5.74, 6) is -9.05. The lowest BCUT2D eigenvalue weighted by atomic mass is 10.0. The monoisotopic (exact) mass is 450 g/mol. The molecule has 0 N–H and O–H groups in total. The van der Waals surface area contributed by atoms with Crippen molar-refractivity contribution < 1.29 is 44.3 Å². The van der Waals surface area contributed by atoms with Crippen molar-refractivity contribution in [1.29, 1.82) is 0 Å². The lowest BCUT2D eigenvalue weighted by molar-refractivity contribution is -0.187. The summed E-state index contributed by atoms with van der Waals surface area (Å²) in [6.45, 7) is 1.64. The van der Waals surface area contributed by atoms with E-state index in [1.165, 1.54) is 12.1 Å². The van der Waals surface area contributed by atoms with E-state index in [0.29, 0.717) is 17.7 Å². The Morgan fingerprint density at radius 3 is 1.77 bits per heavy atom. The minimum absolute atomic E-state index is 0.158. The number of aryl methyl sites for hydroxylation is 1. The van der Waals surface area contributed by atoms with Crippen LogP contribution in [0.1, 0.15) is 16.7 Å². The first-order chi connectivity index (χ1) is 14.3. The summed E-state index contributed by atoms with van der Waals surface area (Å²) in [6, 6.07) is 6.28. The number of rotatable bonds is 4. The highest BCUT2D eigenvalue weighted by molar-refractivity contribution is 5.66. The molecule has 1 nitrogen and oxygen atoms in total. The van der Waals surface area contributed by atoms with E-state index in [1.807, 2.05) is 0 Å². The second-order valence-corrected chi connectivity index (χ2v) is 6.54. The molecule has 0 aliphatic carbocycles. The van der Waals surface area contributed by atoms with Gasteiger partial charge in [-0.25, -0.2) is 13.2 Å². The topological polar surface area (TPSA) is 9.23 Å². The summed E-state index contributed by atoms with van der Waals surface area (Å²) < 4.78 is 127. The average Bonchev–Trinajstić information content (AvgIpc) is 2.64. The number of alkyl halides is 5. The van der Waals surface area contributed by atoms with Crippen molar-refractivity contribution in [3.05, 3.63) is 88.5 Å². The van der Waals surface area contributed by atoms with E-state index in [2.05, 4.69) is 4.74 Å². The second-order valence-electron chi connectivity index (χ2n) is 6.54. The molecule has 0 aromatic heterocycles. The molecule has 164 valence electrons. The predicted octanol–water partition coefficient (Wildman–Crippen LogP) is 7.37. The lowest BCUT2D eigenvalue weighted by Crippen LogP contribution is -2.22. The van der Waals surface area contributed by atoms with Gasteiger partial charge in [0.25, 0.3) is 0 Å². The van der Waals surface area contributed by atoms with Crippen LogP contribution in [0.3, 0.4) is 0 Å². The zero-order valence-corrected chi connectivity index (χ0v) is 15.4. The number of halogens is 9. The van der Waals surface area contributed by atoms with E-state index in [0.717, 1.165) is 12.1 Å². The van der Waals surface area contributed by atoms with E-state index < -0.39 is 63.6 Å². The molecule has 0 amide bonds. The quantitative estimate of drug-likeness (QED) is 0.377. The average molecular weight is 450 g/mol. The molecular formula is C21H11F9O. The number of hydrogen-bond donors (Lipinski definition) is 0. The van der Waals surface area contributed by atoms with Gasteiger partial charge in [0.2, 0.25) is 5.82 Å². The molecule has 0 aliphatic heterocycles. The molecule has 0 unspecified atom stereocenters. The standard InChI is InChI=1S/C21H11F9O/c1-10-2-4-12(5-3-10)21(29,30)31-16-7-6-13(18(24)19(16)25)11-8-14(22)17(15(23)9-11)20(26,27)28/h2-9H,1H3. The Morgan fingerprint density at radius 1 is 0.710 bits per heavy atom. The third-order valence-corrected chi connectivity index (χ3v) is 4.31. The van der Waals surface area contributed by atoms with Gasteiger partial charge in [-0.2, -0.15) is 26.3 Å². The van der Waals surface area contributed by atoms with Gasteiger partial charge in [0.05, 0.1) is 5.56 Å². The van der Waals surface area contributed by atoms with Gasteiger partial charge in [-0.1, -0.05) is 17.7 Å². The molecule has 0 radical (unpaired) electrons. The first-order valence-electron chi connectivity index (χ1n) is 8.50. The molecular weight excluding hydrogens is 439 g/mol. The highest BCUT2D eigenvalue weighted by Crippen LogP contribution is 2.39. The van der Waals surface area contributed by atoms with E-state index in [1.54, 1.807) is 6.92 Å². The minimum Gasteiger partial charge on any atom is -0.426 e. The third kappa shape index (κ3) is 4.47. The highest BCUT2D eigenvalue weighted by atomic mass is 19.4. The van der Waals surface area contributed by atoms with Crippen molar-refractivity contribution in [3.8, 4) is 16.9 Å². The molecule has 0 heterocycles. The Bertz CT molecular complexity index is 1100. The summed E-state index contributed by atoms with van der Waals surface area (Å²) in [5, 5.41) is 0. The maximum atomic E-state index is 14.4. The molecule has 0 atom stereocenters. The molecule has 0 fully saturated rings. The van der Waals surface area contributed by atoms with Crippen molar-refractivity contribution >= 4 is 0 Å². The van der Waals surface area contributed by atoms with Gasteiger partial charge in [-0.3, -0.25) is 0 Å². The fraction of sp³-hybridized carbons (Fsp3) is 0.143. The molecule has 0 bridgehead atoms. The first-order valence-corrected chi connectivity index (χ1v) is 8.50. The van der Waals surface area contributed by atoms with Crippen LogP contribution in [0.4, 0.5) is 39.5 Å².